The highest BCUT2D eigenvalue weighted by atomic mass is 15.2. The van der Waals surface area contributed by atoms with Gasteiger partial charge in [0.25, 0.3) is 0 Å². The quantitative estimate of drug-likeness (QED) is 0.300. The van der Waals surface area contributed by atoms with Crippen LogP contribution in [0, 0.1) is 24.7 Å². The molecule has 1 aliphatic carbocycles. The topological polar surface area (TPSA) is 45.4 Å². The molecule has 0 bridgehead atoms. The number of rotatable bonds is 9. The number of aliphatic imine (C=N–C) groups is 1. The SMILES string of the molecule is C/C(=N\c1cc(C(C)N2CC[C@H]3CCN[C@H]3C2)cc(CCC(C)C)c1C)c1cc2cccnc2n1CC1CC1. The monoisotopic (exact) mass is 525 g/mol. The summed E-state index contributed by atoms with van der Waals surface area (Å²) in [5, 5.41) is 4.98. The molecule has 0 spiro atoms. The minimum atomic E-state index is 0.395. The lowest BCUT2D eigenvalue weighted by Gasteiger charge is -2.39. The number of hydrogen-bond acceptors (Lipinski definition) is 4. The Morgan fingerprint density at radius 3 is 2.77 bits per heavy atom. The zero-order chi connectivity index (χ0) is 27.1. The van der Waals surface area contributed by atoms with Crippen molar-refractivity contribution >= 4 is 22.4 Å². The van der Waals surface area contributed by atoms with Crippen molar-refractivity contribution in [3.63, 3.8) is 0 Å². The van der Waals surface area contributed by atoms with E-state index in [9.17, 15) is 0 Å². The van der Waals surface area contributed by atoms with Crippen molar-refractivity contribution in [2.45, 2.75) is 91.8 Å². The zero-order valence-electron chi connectivity index (χ0n) is 24.7. The van der Waals surface area contributed by atoms with Crippen LogP contribution in [0.15, 0.2) is 41.5 Å². The lowest BCUT2D eigenvalue weighted by Crippen LogP contribution is -2.47. The number of piperidine rings is 1. The predicted molar refractivity (Wildman–Crippen MR) is 163 cm³/mol. The molecule has 2 saturated heterocycles. The van der Waals surface area contributed by atoms with Gasteiger partial charge in [-0.1, -0.05) is 19.9 Å². The van der Waals surface area contributed by atoms with Crippen LogP contribution in [-0.2, 0) is 13.0 Å². The van der Waals surface area contributed by atoms with Crippen LogP contribution in [-0.4, -0.2) is 45.8 Å². The van der Waals surface area contributed by atoms with Gasteiger partial charge in [0.2, 0.25) is 0 Å². The van der Waals surface area contributed by atoms with Gasteiger partial charge in [-0.05, 0) is 131 Å². The third kappa shape index (κ3) is 5.71. The number of hydrogen-bond donors (Lipinski definition) is 1. The molecule has 2 aliphatic heterocycles. The fraction of sp³-hybridized carbons (Fsp3) is 0.588. The molecular formula is C34H47N5. The first-order valence-corrected chi connectivity index (χ1v) is 15.5. The molecule has 6 rings (SSSR count). The number of nitrogens with zero attached hydrogens (tertiary/aromatic N) is 4. The molecule has 2 aromatic heterocycles. The highest BCUT2D eigenvalue weighted by Gasteiger charge is 2.34. The predicted octanol–water partition coefficient (Wildman–Crippen LogP) is 7.23. The second-order valence-electron chi connectivity index (χ2n) is 13.0. The summed E-state index contributed by atoms with van der Waals surface area (Å²) in [5.41, 5.74) is 8.76. The maximum absolute atomic E-state index is 5.38. The maximum atomic E-state index is 5.38. The average Bonchev–Trinajstić information content (AvgIpc) is 3.49. The third-order valence-electron chi connectivity index (χ3n) is 9.69. The molecular weight excluding hydrogens is 478 g/mol. The van der Waals surface area contributed by atoms with Crippen LogP contribution < -0.4 is 5.32 Å². The Bertz CT molecular complexity index is 1350. The van der Waals surface area contributed by atoms with E-state index < -0.39 is 0 Å². The van der Waals surface area contributed by atoms with Crippen molar-refractivity contribution in [1.29, 1.82) is 0 Å². The largest absolute Gasteiger partial charge is 0.324 e. The summed E-state index contributed by atoms with van der Waals surface area (Å²) in [6, 6.07) is 12.5. The van der Waals surface area contributed by atoms with E-state index in [1.165, 1.54) is 73.0 Å². The summed E-state index contributed by atoms with van der Waals surface area (Å²) in [7, 11) is 0. The summed E-state index contributed by atoms with van der Waals surface area (Å²) in [5.74, 6) is 2.34. The van der Waals surface area contributed by atoms with Crippen molar-refractivity contribution in [1.82, 2.24) is 19.8 Å². The van der Waals surface area contributed by atoms with E-state index in [1.807, 2.05) is 12.3 Å². The normalized spacial score (nSPS) is 23.1. The Hall–Kier alpha value is -2.50. The fourth-order valence-corrected chi connectivity index (χ4v) is 6.83. The van der Waals surface area contributed by atoms with Crippen LogP contribution in [0.3, 0.4) is 0 Å². The standard InChI is InChI=1S/C34H47N5/c1-22(2)8-11-28-17-30(25(5)38-16-13-27-12-15-35-32(27)21-38)18-31(23(28)3)37-24(4)33-19-29-7-6-14-36-34(29)39(33)20-26-9-10-26/h6-7,14,17-19,22,25-27,32,35H,8-13,15-16,20-21H2,1-5H3/b37-24+/t25?,27-,32+/m1/s1. The Labute approximate surface area is 235 Å². The molecule has 208 valence electrons. The van der Waals surface area contributed by atoms with E-state index >= 15 is 0 Å². The molecule has 3 aliphatic rings. The van der Waals surface area contributed by atoms with Crippen LogP contribution in [0.1, 0.15) is 88.2 Å². The van der Waals surface area contributed by atoms with Crippen LogP contribution in [0.5, 0.6) is 0 Å². The molecule has 1 N–H and O–H groups in total. The highest BCUT2D eigenvalue weighted by Crippen LogP contribution is 2.36. The van der Waals surface area contributed by atoms with Crippen LogP contribution in [0.25, 0.3) is 11.0 Å². The number of fused-ring (bicyclic) bond motifs is 2. The summed E-state index contributed by atoms with van der Waals surface area (Å²) in [4.78, 5) is 12.8. The molecule has 5 heteroatoms. The molecule has 1 unspecified atom stereocenters. The number of aryl methyl sites for hydroxylation is 1. The van der Waals surface area contributed by atoms with Crippen molar-refractivity contribution in [3.05, 3.63) is 58.9 Å². The Morgan fingerprint density at radius 2 is 1.97 bits per heavy atom. The van der Waals surface area contributed by atoms with Crippen LogP contribution in [0.2, 0.25) is 0 Å². The Kier molecular flexibility index (Phi) is 7.65. The maximum Gasteiger partial charge on any atom is 0.140 e. The molecule has 0 amide bonds. The van der Waals surface area contributed by atoms with Gasteiger partial charge in [0.05, 0.1) is 17.1 Å². The van der Waals surface area contributed by atoms with E-state index in [0.29, 0.717) is 18.0 Å². The molecule has 1 saturated carbocycles. The summed E-state index contributed by atoms with van der Waals surface area (Å²) < 4.78 is 2.42. The first-order chi connectivity index (χ1) is 18.9. The Morgan fingerprint density at radius 1 is 1.13 bits per heavy atom. The summed E-state index contributed by atoms with van der Waals surface area (Å²) in [6.45, 7) is 16.1. The molecule has 39 heavy (non-hydrogen) atoms. The number of likely N-dealkylation sites (tertiary alicyclic amines) is 1. The van der Waals surface area contributed by atoms with E-state index in [0.717, 1.165) is 48.4 Å². The Balaban J connectivity index is 1.36. The van der Waals surface area contributed by atoms with Gasteiger partial charge in [-0.2, -0.15) is 0 Å². The molecule has 0 radical (unpaired) electrons. The first kappa shape index (κ1) is 26.7. The molecule has 1 aromatic carbocycles. The molecule has 3 aromatic rings. The van der Waals surface area contributed by atoms with Gasteiger partial charge in [-0.15, -0.1) is 0 Å². The average molecular weight is 526 g/mol. The second kappa shape index (κ2) is 11.2. The van der Waals surface area contributed by atoms with Gasteiger partial charge < -0.3 is 9.88 Å². The minimum absolute atomic E-state index is 0.395. The highest BCUT2D eigenvalue weighted by molar-refractivity contribution is 6.02. The van der Waals surface area contributed by atoms with E-state index in [2.05, 4.69) is 73.7 Å². The fourth-order valence-electron chi connectivity index (χ4n) is 6.83. The van der Waals surface area contributed by atoms with E-state index in [4.69, 9.17) is 9.98 Å². The molecule has 5 nitrogen and oxygen atoms in total. The van der Waals surface area contributed by atoms with Crippen molar-refractivity contribution in [3.8, 4) is 0 Å². The van der Waals surface area contributed by atoms with E-state index in [1.54, 1.807) is 0 Å². The van der Waals surface area contributed by atoms with Crippen LogP contribution in [0.4, 0.5) is 5.69 Å². The van der Waals surface area contributed by atoms with Gasteiger partial charge in [0.15, 0.2) is 0 Å². The zero-order valence-corrected chi connectivity index (χ0v) is 24.7. The van der Waals surface area contributed by atoms with Crippen LogP contribution >= 0.6 is 0 Å². The van der Waals surface area contributed by atoms with Gasteiger partial charge in [-0.3, -0.25) is 9.89 Å². The van der Waals surface area contributed by atoms with Gasteiger partial charge in [-0.25, -0.2) is 4.98 Å². The van der Waals surface area contributed by atoms with Crippen molar-refractivity contribution in [2.24, 2.45) is 22.7 Å². The second-order valence-corrected chi connectivity index (χ2v) is 13.0. The number of aromatic nitrogens is 2. The lowest BCUT2D eigenvalue weighted by atomic mass is 9.89. The van der Waals surface area contributed by atoms with Crippen molar-refractivity contribution < 1.29 is 0 Å². The third-order valence-corrected chi connectivity index (χ3v) is 9.69. The summed E-state index contributed by atoms with van der Waals surface area (Å²) in [6.07, 6.45) is 9.56. The molecule has 3 fully saturated rings. The smallest absolute Gasteiger partial charge is 0.140 e. The first-order valence-electron chi connectivity index (χ1n) is 15.5. The number of benzene rings is 1. The number of nitrogens with one attached hydrogen (secondary N) is 1. The number of pyridine rings is 1. The van der Waals surface area contributed by atoms with Gasteiger partial charge in [0.1, 0.15) is 5.65 Å². The summed E-state index contributed by atoms with van der Waals surface area (Å²) >= 11 is 0. The van der Waals surface area contributed by atoms with Crippen molar-refractivity contribution in [2.75, 3.05) is 19.6 Å². The molecule has 3 atom stereocenters. The van der Waals surface area contributed by atoms with E-state index in [-0.39, 0.29) is 0 Å². The molecule has 4 heterocycles. The van der Waals surface area contributed by atoms with Gasteiger partial charge in [0, 0.05) is 36.8 Å². The lowest BCUT2D eigenvalue weighted by molar-refractivity contribution is 0.126. The van der Waals surface area contributed by atoms with Gasteiger partial charge >= 0.3 is 0 Å². The minimum Gasteiger partial charge on any atom is -0.324 e.